The van der Waals surface area contributed by atoms with Crippen molar-refractivity contribution in [1.29, 1.82) is 0 Å². The van der Waals surface area contributed by atoms with Crippen LogP contribution in [-0.2, 0) is 4.79 Å². The topological polar surface area (TPSA) is 45.2 Å². The van der Waals surface area contributed by atoms with Gasteiger partial charge in [0, 0.05) is 38.4 Å². The minimum Gasteiger partial charge on any atom is -0.371 e. The summed E-state index contributed by atoms with van der Waals surface area (Å²) in [4.78, 5) is 17.2. The van der Waals surface area contributed by atoms with Gasteiger partial charge in [0.1, 0.15) is 5.15 Å². The Bertz CT molecular complexity index is 424. The highest BCUT2D eigenvalue weighted by atomic mass is 35.5. The lowest BCUT2D eigenvalue weighted by atomic mass is 9.97. The van der Waals surface area contributed by atoms with Gasteiger partial charge < -0.3 is 10.2 Å². The molecule has 0 saturated carbocycles. The van der Waals surface area contributed by atoms with Crippen LogP contribution < -0.4 is 10.2 Å². The zero-order valence-electron chi connectivity index (χ0n) is 10.5. The van der Waals surface area contributed by atoms with Crippen LogP contribution in [0.1, 0.15) is 19.8 Å². The van der Waals surface area contributed by atoms with E-state index in [2.05, 4.69) is 15.2 Å². The first kappa shape index (κ1) is 13.1. The number of rotatable bonds is 3. The number of hydrogen-bond donors (Lipinski definition) is 1. The quantitative estimate of drug-likeness (QED) is 0.853. The lowest BCUT2D eigenvalue weighted by molar-refractivity contribution is -0.119. The molecular weight excluding hydrogens is 250 g/mol. The van der Waals surface area contributed by atoms with E-state index in [1.807, 2.05) is 12.1 Å². The predicted octanol–water partition coefficient (Wildman–Crippen LogP) is 2.09. The molecular formula is C13H18ClN3O. The van der Waals surface area contributed by atoms with E-state index in [1.54, 1.807) is 13.1 Å². The number of amides is 1. The van der Waals surface area contributed by atoms with Crippen LogP contribution in [-0.4, -0.2) is 30.5 Å². The summed E-state index contributed by atoms with van der Waals surface area (Å²) in [6.45, 7) is 4.31. The van der Waals surface area contributed by atoms with E-state index in [4.69, 9.17) is 11.6 Å². The van der Waals surface area contributed by atoms with Gasteiger partial charge in [0.2, 0.25) is 5.91 Å². The molecule has 2 rings (SSSR count). The van der Waals surface area contributed by atoms with Gasteiger partial charge in [-0.25, -0.2) is 4.98 Å². The van der Waals surface area contributed by atoms with Gasteiger partial charge >= 0.3 is 0 Å². The molecule has 5 heteroatoms. The molecule has 1 aromatic rings. The smallest absolute Gasteiger partial charge is 0.216 e. The van der Waals surface area contributed by atoms with Crippen LogP contribution in [0.4, 0.5) is 5.69 Å². The highest BCUT2D eigenvalue weighted by Crippen LogP contribution is 2.24. The van der Waals surface area contributed by atoms with Crippen LogP contribution in [0.2, 0.25) is 5.15 Å². The van der Waals surface area contributed by atoms with Crippen molar-refractivity contribution in [1.82, 2.24) is 10.3 Å². The molecule has 0 aliphatic carbocycles. The number of halogens is 1. The molecule has 18 heavy (non-hydrogen) atoms. The summed E-state index contributed by atoms with van der Waals surface area (Å²) in [5.41, 5.74) is 1.11. The van der Waals surface area contributed by atoms with Gasteiger partial charge in [-0.05, 0) is 30.9 Å². The third kappa shape index (κ3) is 3.60. The van der Waals surface area contributed by atoms with E-state index in [0.717, 1.165) is 38.2 Å². The van der Waals surface area contributed by atoms with Crippen LogP contribution >= 0.6 is 11.6 Å². The van der Waals surface area contributed by atoms with Crippen molar-refractivity contribution >= 4 is 23.2 Å². The number of hydrogen-bond acceptors (Lipinski definition) is 3. The normalized spacial score (nSPS) is 19.7. The molecule has 1 atom stereocenters. The highest BCUT2D eigenvalue weighted by Gasteiger charge is 2.20. The van der Waals surface area contributed by atoms with E-state index >= 15 is 0 Å². The molecule has 2 heterocycles. The molecule has 1 N–H and O–H groups in total. The van der Waals surface area contributed by atoms with Crippen LogP contribution in [0.25, 0.3) is 0 Å². The zero-order valence-corrected chi connectivity index (χ0v) is 11.3. The summed E-state index contributed by atoms with van der Waals surface area (Å²) < 4.78 is 0. The standard InChI is InChI=1S/C13H18ClN3O/c1-10(18)16-8-11-3-2-6-17(9-11)12-4-5-15-13(14)7-12/h4-5,7,11H,2-3,6,8-9H2,1H3,(H,16,18). The Kier molecular flexibility index (Phi) is 4.42. The maximum absolute atomic E-state index is 10.9. The zero-order chi connectivity index (χ0) is 13.0. The van der Waals surface area contributed by atoms with Crippen molar-refractivity contribution in [3.05, 3.63) is 23.5 Å². The van der Waals surface area contributed by atoms with Crippen molar-refractivity contribution in [3.63, 3.8) is 0 Å². The lowest BCUT2D eigenvalue weighted by Gasteiger charge is -2.34. The Morgan fingerprint density at radius 1 is 1.67 bits per heavy atom. The fourth-order valence-corrected chi connectivity index (χ4v) is 2.51. The number of carbonyl (C=O) groups excluding carboxylic acids is 1. The Morgan fingerprint density at radius 3 is 3.22 bits per heavy atom. The van der Waals surface area contributed by atoms with Crippen molar-refractivity contribution < 1.29 is 4.79 Å². The molecule has 4 nitrogen and oxygen atoms in total. The van der Waals surface area contributed by atoms with Crippen LogP contribution in [0.3, 0.4) is 0 Å². The SMILES string of the molecule is CC(=O)NCC1CCCN(c2ccnc(Cl)c2)C1. The summed E-state index contributed by atoms with van der Waals surface area (Å²) in [5, 5.41) is 3.42. The second kappa shape index (κ2) is 6.05. The minimum absolute atomic E-state index is 0.0408. The van der Waals surface area contributed by atoms with Crippen LogP contribution in [0, 0.1) is 5.92 Å². The van der Waals surface area contributed by atoms with Crippen LogP contribution in [0.15, 0.2) is 18.3 Å². The number of anilines is 1. The molecule has 1 fully saturated rings. The average Bonchev–Trinajstić information content (AvgIpc) is 2.37. The number of aromatic nitrogens is 1. The van der Waals surface area contributed by atoms with E-state index in [1.165, 1.54) is 0 Å². The summed E-state index contributed by atoms with van der Waals surface area (Å²) in [6.07, 6.45) is 4.04. The third-order valence-electron chi connectivity index (χ3n) is 3.23. The Labute approximate surface area is 112 Å². The second-order valence-electron chi connectivity index (χ2n) is 4.73. The molecule has 0 spiro atoms. The molecule has 1 saturated heterocycles. The molecule has 1 aromatic heterocycles. The maximum Gasteiger partial charge on any atom is 0.216 e. The Balaban J connectivity index is 1.96. The van der Waals surface area contributed by atoms with Gasteiger partial charge in [0.25, 0.3) is 0 Å². The summed E-state index contributed by atoms with van der Waals surface area (Å²) >= 11 is 5.91. The van der Waals surface area contributed by atoms with Crippen molar-refractivity contribution in [2.24, 2.45) is 5.92 Å². The van der Waals surface area contributed by atoms with E-state index in [0.29, 0.717) is 11.1 Å². The lowest BCUT2D eigenvalue weighted by Crippen LogP contribution is -2.40. The minimum atomic E-state index is 0.0408. The molecule has 0 radical (unpaired) electrons. The van der Waals surface area contributed by atoms with Gasteiger partial charge in [-0.3, -0.25) is 4.79 Å². The van der Waals surface area contributed by atoms with E-state index in [9.17, 15) is 4.79 Å². The van der Waals surface area contributed by atoms with Gasteiger partial charge in [-0.1, -0.05) is 11.6 Å². The fourth-order valence-electron chi connectivity index (χ4n) is 2.34. The van der Waals surface area contributed by atoms with Gasteiger partial charge in [0.05, 0.1) is 0 Å². The van der Waals surface area contributed by atoms with Gasteiger partial charge in [0.15, 0.2) is 0 Å². The monoisotopic (exact) mass is 267 g/mol. The molecule has 0 aromatic carbocycles. The van der Waals surface area contributed by atoms with E-state index < -0.39 is 0 Å². The molecule has 98 valence electrons. The highest BCUT2D eigenvalue weighted by molar-refractivity contribution is 6.29. The van der Waals surface area contributed by atoms with Crippen LogP contribution in [0.5, 0.6) is 0 Å². The predicted molar refractivity (Wildman–Crippen MR) is 72.9 cm³/mol. The number of nitrogens with zero attached hydrogens (tertiary/aromatic N) is 2. The van der Waals surface area contributed by atoms with Gasteiger partial charge in [-0.15, -0.1) is 0 Å². The van der Waals surface area contributed by atoms with Crippen molar-refractivity contribution in [3.8, 4) is 0 Å². The summed E-state index contributed by atoms with van der Waals surface area (Å²) in [5.74, 6) is 0.550. The Morgan fingerprint density at radius 2 is 2.50 bits per heavy atom. The molecule has 1 aliphatic heterocycles. The molecule has 1 amide bonds. The number of piperidine rings is 1. The number of carbonyl (C=O) groups is 1. The molecule has 1 unspecified atom stereocenters. The first-order chi connectivity index (χ1) is 8.65. The fraction of sp³-hybridized carbons (Fsp3) is 0.538. The van der Waals surface area contributed by atoms with E-state index in [-0.39, 0.29) is 5.91 Å². The number of pyridine rings is 1. The van der Waals surface area contributed by atoms with Gasteiger partial charge in [-0.2, -0.15) is 0 Å². The summed E-state index contributed by atoms with van der Waals surface area (Å²) in [7, 11) is 0. The maximum atomic E-state index is 10.9. The average molecular weight is 268 g/mol. The van der Waals surface area contributed by atoms with Crippen molar-refractivity contribution in [2.45, 2.75) is 19.8 Å². The molecule has 1 aliphatic rings. The third-order valence-corrected chi connectivity index (χ3v) is 3.44. The summed E-state index contributed by atoms with van der Waals surface area (Å²) in [6, 6.07) is 3.87. The Hall–Kier alpha value is -1.29. The molecule has 0 bridgehead atoms. The first-order valence-corrected chi connectivity index (χ1v) is 6.64. The second-order valence-corrected chi connectivity index (χ2v) is 5.12. The van der Waals surface area contributed by atoms with Crippen molar-refractivity contribution in [2.75, 3.05) is 24.5 Å². The largest absolute Gasteiger partial charge is 0.371 e. The first-order valence-electron chi connectivity index (χ1n) is 6.26. The number of nitrogens with one attached hydrogen (secondary N) is 1.